The zero-order valence-electron chi connectivity index (χ0n) is 7.60. The molecule has 0 atom stereocenters. The summed E-state index contributed by atoms with van der Waals surface area (Å²) in [6, 6.07) is 0. The molecule has 11 heavy (non-hydrogen) atoms. The van der Waals surface area contributed by atoms with Crippen molar-refractivity contribution in [3.63, 3.8) is 0 Å². The molecular formula is C10H20O. The van der Waals surface area contributed by atoms with Crippen LogP contribution >= 0.6 is 0 Å². The van der Waals surface area contributed by atoms with E-state index in [-0.39, 0.29) is 5.60 Å². The van der Waals surface area contributed by atoms with Crippen molar-refractivity contribution in [3.8, 4) is 0 Å². The zero-order valence-corrected chi connectivity index (χ0v) is 7.60. The first-order chi connectivity index (χ1) is 5.27. The van der Waals surface area contributed by atoms with Crippen LogP contribution in [0.2, 0.25) is 0 Å². The third-order valence-corrected chi connectivity index (χ3v) is 2.78. The van der Waals surface area contributed by atoms with Crippen molar-refractivity contribution >= 4 is 0 Å². The summed E-state index contributed by atoms with van der Waals surface area (Å²) in [5.41, 5.74) is -0.255. The lowest BCUT2D eigenvalue weighted by molar-refractivity contribution is 0.0363. The second-order valence-corrected chi connectivity index (χ2v) is 3.89. The number of aliphatic hydroxyl groups is 1. The highest BCUT2D eigenvalue weighted by Crippen LogP contribution is 2.33. The lowest BCUT2D eigenvalue weighted by Gasteiger charge is -2.21. The molecule has 66 valence electrons. The van der Waals surface area contributed by atoms with Gasteiger partial charge in [0, 0.05) is 0 Å². The van der Waals surface area contributed by atoms with Gasteiger partial charge in [-0.25, -0.2) is 0 Å². The highest BCUT2D eigenvalue weighted by molar-refractivity contribution is 4.83. The van der Waals surface area contributed by atoms with Gasteiger partial charge in [-0.1, -0.05) is 39.0 Å². The molecule has 0 heterocycles. The monoisotopic (exact) mass is 156 g/mol. The summed E-state index contributed by atoms with van der Waals surface area (Å²) in [5, 5.41) is 9.92. The Hall–Kier alpha value is -0.0400. The van der Waals surface area contributed by atoms with E-state index in [2.05, 4.69) is 6.92 Å². The molecule has 0 radical (unpaired) electrons. The highest BCUT2D eigenvalue weighted by atomic mass is 16.3. The van der Waals surface area contributed by atoms with Gasteiger partial charge in [0.05, 0.1) is 5.60 Å². The molecule has 1 aliphatic rings. The molecule has 1 aliphatic carbocycles. The van der Waals surface area contributed by atoms with Gasteiger partial charge < -0.3 is 5.11 Å². The second-order valence-electron chi connectivity index (χ2n) is 3.89. The molecule has 0 aliphatic heterocycles. The maximum absolute atomic E-state index is 9.92. The molecule has 1 nitrogen and oxygen atoms in total. The van der Waals surface area contributed by atoms with E-state index in [0.29, 0.717) is 0 Å². The Balaban J connectivity index is 2.13. The van der Waals surface area contributed by atoms with E-state index in [9.17, 15) is 5.11 Å². The molecule has 1 fully saturated rings. The van der Waals surface area contributed by atoms with E-state index in [0.717, 1.165) is 19.3 Å². The topological polar surface area (TPSA) is 20.2 Å². The van der Waals surface area contributed by atoms with Crippen molar-refractivity contribution in [1.82, 2.24) is 0 Å². The highest BCUT2D eigenvalue weighted by Gasteiger charge is 2.29. The van der Waals surface area contributed by atoms with Crippen LogP contribution in [0.4, 0.5) is 0 Å². The first-order valence-electron chi connectivity index (χ1n) is 4.99. The van der Waals surface area contributed by atoms with Crippen molar-refractivity contribution in [2.24, 2.45) is 0 Å². The maximum Gasteiger partial charge on any atom is 0.0647 e. The van der Waals surface area contributed by atoms with Gasteiger partial charge in [0.1, 0.15) is 0 Å². The van der Waals surface area contributed by atoms with Crippen molar-refractivity contribution in [2.75, 3.05) is 0 Å². The first-order valence-corrected chi connectivity index (χ1v) is 4.99. The lowest BCUT2D eigenvalue weighted by atomic mass is 9.95. The Morgan fingerprint density at radius 1 is 1.18 bits per heavy atom. The fourth-order valence-corrected chi connectivity index (χ4v) is 1.99. The van der Waals surface area contributed by atoms with Gasteiger partial charge in [-0.2, -0.15) is 0 Å². The Labute approximate surface area is 69.8 Å². The van der Waals surface area contributed by atoms with Crippen LogP contribution in [0.1, 0.15) is 58.3 Å². The Bertz CT molecular complexity index is 103. The van der Waals surface area contributed by atoms with Crippen molar-refractivity contribution < 1.29 is 5.11 Å². The standard InChI is InChI=1S/C10H20O/c1-2-3-4-7-10(11)8-5-6-9-10/h11H,2-9H2,1H3. The van der Waals surface area contributed by atoms with E-state index >= 15 is 0 Å². The molecule has 1 N–H and O–H groups in total. The van der Waals surface area contributed by atoms with Gasteiger partial charge in [0.25, 0.3) is 0 Å². The van der Waals surface area contributed by atoms with Gasteiger partial charge in [-0.05, 0) is 19.3 Å². The Morgan fingerprint density at radius 2 is 1.82 bits per heavy atom. The third-order valence-electron chi connectivity index (χ3n) is 2.78. The van der Waals surface area contributed by atoms with Crippen LogP contribution in [0.3, 0.4) is 0 Å². The van der Waals surface area contributed by atoms with Crippen molar-refractivity contribution in [1.29, 1.82) is 0 Å². The van der Waals surface area contributed by atoms with Crippen LogP contribution in [0.15, 0.2) is 0 Å². The van der Waals surface area contributed by atoms with Gasteiger partial charge in [-0.3, -0.25) is 0 Å². The quantitative estimate of drug-likeness (QED) is 0.620. The van der Waals surface area contributed by atoms with E-state index in [1.165, 1.54) is 32.1 Å². The fraction of sp³-hybridized carbons (Fsp3) is 1.00. The molecule has 0 saturated heterocycles. The minimum absolute atomic E-state index is 0.255. The average Bonchev–Trinajstić information content (AvgIpc) is 2.38. The SMILES string of the molecule is CCCCCC1(O)CCCC1. The van der Waals surface area contributed by atoms with E-state index in [1.807, 2.05) is 0 Å². The minimum Gasteiger partial charge on any atom is -0.390 e. The van der Waals surface area contributed by atoms with Crippen molar-refractivity contribution in [3.05, 3.63) is 0 Å². The second kappa shape index (κ2) is 4.10. The van der Waals surface area contributed by atoms with Gasteiger partial charge in [-0.15, -0.1) is 0 Å². The van der Waals surface area contributed by atoms with Crippen LogP contribution in [0.5, 0.6) is 0 Å². The lowest BCUT2D eigenvalue weighted by Crippen LogP contribution is -2.23. The van der Waals surface area contributed by atoms with E-state index in [1.54, 1.807) is 0 Å². The summed E-state index contributed by atoms with van der Waals surface area (Å²) in [4.78, 5) is 0. The summed E-state index contributed by atoms with van der Waals surface area (Å²) < 4.78 is 0. The Kier molecular flexibility index (Phi) is 3.38. The molecule has 1 heteroatoms. The smallest absolute Gasteiger partial charge is 0.0647 e. The number of hydrogen-bond acceptors (Lipinski definition) is 1. The Morgan fingerprint density at radius 3 is 2.36 bits per heavy atom. The molecule has 1 rings (SSSR count). The normalized spacial score (nSPS) is 22.4. The molecule has 0 bridgehead atoms. The van der Waals surface area contributed by atoms with Crippen LogP contribution in [-0.2, 0) is 0 Å². The predicted molar refractivity (Wildman–Crippen MR) is 47.6 cm³/mol. The maximum atomic E-state index is 9.92. The van der Waals surface area contributed by atoms with E-state index < -0.39 is 0 Å². The molecule has 0 spiro atoms. The number of hydrogen-bond donors (Lipinski definition) is 1. The number of rotatable bonds is 4. The largest absolute Gasteiger partial charge is 0.390 e. The minimum atomic E-state index is -0.255. The number of unbranched alkanes of at least 4 members (excludes halogenated alkanes) is 2. The van der Waals surface area contributed by atoms with Crippen LogP contribution in [0.25, 0.3) is 0 Å². The van der Waals surface area contributed by atoms with Crippen LogP contribution in [-0.4, -0.2) is 10.7 Å². The van der Waals surface area contributed by atoms with Crippen LogP contribution in [0, 0.1) is 0 Å². The van der Waals surface area contributed by atoms with Gasteiger partial charge in [0.2, 0.25) is 0 Å². The summed E-state index contributed by atoms with van der Waals surface area (Å²) >= 11 is 0. The summed E-state index contributed by atoms with van der Waals surface area (Å²) in [6.07, 6.45) is 9.38. The van der Waals surface area contributed by atoms with Gasteiger partial charge >= 0.3 is 0 Å². The molecule has 0 aromatic heterocycles. The van der Waals surface area contributed by atoms with Crippen LogP contribution < -0.4 is 0 Å². The van der Waals surface area contributed by atoms with E-state index in [4.69, 9.17) is 0 Å². The molecule has 1 saturated carbocycles. The van der Waals surface area contributed by atoms with Gasteiger partial charge in [0.15, 0.2) is 0 Å². The molecular weight excluding hydrogens is 136 g/mol. The van der Waals surface area contributed by atoms with Crippen molar-refractivity contribution in [2.45, 2.75) is 63.9 Å². The first kappa shape index (κ1) is 9.05. The summed E-state index contributed by atoms with van der Waals surface area (Å²) in [6.45, 7) is 2.21. The molecule has 0 aromatic rings. The fourth-order valence-electron chi connectivity index (χ4n) is 1.99. The predicted octanol–water partition coefficient (Wildman–Crippen LogP) is 2.87. The molecule has 0 aromatic carbocycles. The third kappa shape index (κ3) is 2.82. The summed E-state index contributed by atoms with van der Waals surface area (Å²) in [5.74, 6) is 0. The molecule has 0 amide bonds. The zero-order chi connectivity index (χ0) is 8.16. The summed E-state index contributed by atoms with van der Waals surface area (Å²) in [7, 11) is 0. The molecule has 0 unspecified atom stereocenters. The average molecular weight is 156 g/mol.